The minimum absolute atomic E-state index is 0.204. The normalized spacial score (nSPS) is 29.8. The molecule has 0 aliphatic carbocycles. The highest BCUT2D eigenvalue weighted by molar-refractivity contribution is 5.70. The first-order valence-corrected chi connectivity index (χ1v) is 4.53. The number of hydrogen-bond donors (Lipinski definition) is 1. The van der Waals surface area contributed by atoms with Gasteiger partial charge in [-0.05, 0) is 19.8 Å². The molecule has 0 aromatic heterocycles. The molecule has 0 amide bonds. The number of aliphatic carboxylic acids is 1. The summed E-state index contributed by atoms with van der Waals surface area (Å²) in [6.45, 7) is 3.99. The fourth-order valence-corrected chi connectivity index (χ4v) is 1.45. The van der Waals surface area contributed by atoms with E-state index in [2.05, 4.69) is 0 Å². The third kappa shape index (κ3) is 2.48. The molecule has 1 heterocycles. The van der Waals surface area contributed by atoms with Gasteiger partial charge in [0.15, 0.2) is 0 Å². The molecule has 1 saturated heterocycles. The lowest BCUT2D eigenvalue weighted by Gasteiger charge is -2.08. The van der Waals surface area contributed by atoms with E-state index < -0.39 is 5.97 Å². The van der Waals surface area contributed by atoms with E-state index in [0.717, 1.165) is 12.8 Å². The van der Waals surface area contributed by atoms with Crippen molar-refractivity contribution in [2.24, 2.45) is 5.92 Å². The highest BCUT2D eigenvalue weighted by atomic mass is 16.6. The maximum atomic E-state index is 10.7. The van der Waals surface area contributed by atoms with E-state index in [1.54, 1.807) is 0 Å². The van der Waals surface area contributed by atoms with Gasteiger partial charge in [0, 0.05) is 0 Å². The quantitative estimate of drug-likeness (QED) is 0.642. The predicted octanol–water partition coefficient (Wildman–Crippen LogP) is 1.66. The first-order chi connectivity index (χ1) is 5.65. The minimum atomic E-state index is -0.681. The Bertz CT molecular complexity index is 167. The first-order valence-electron chi connectivity index (χ1n) is 4.53. The minimum Gasteiger partial charge on any atom is -0.481 e. The Morgan fingerprint density at radius 1 is 1.67 bits per heavy atom. The Kier molecular flexibility index (Phi) is 3.09. The molecule has 70 valence electrons. The van der Waals surface area contributed by atoms with Gasteiger partial charge in [-0.3, -0.25) is 4.79 Å². The molecule has 0 spiro atoms. The number of epoxide rings is 1. The Morgan fingerprint density at radius 3 is 2.58 bits per heavy atom. The Hall–Kier alpha value is -0.570. The summed E-state index contributed by atoms with van der Waals surface area (Å²) in [5, 5.41) is 8.81. The number of carbonyl (C=O) groups is 1. The average molecular weight is 172 g/mol. The molecule has 1 rings (SSSR count). The van der Waals surface area contributed by atoms with Gasteiger partial charge in [-0.15, -0.1) is 0 Å². The van der Waals surface area contributed by atoms with Crippen molar-refractivity contribution in [1.82, 2.24) is 0 Å². The number of ether oxygens (including phenoxy) is 1. The third-order valence-corrected chi connectivity index (χ3v) is 2.34. The predicted molar refractivity (Wildman–Crippen MR) is 45.0 cm³/mol. The SMILES string of the molecule is CCC[C@@H](CC1OC1C)C(=O)O. The van der Waals surface area contributed by atoms with Gasteiger partial charge < -0.3 is 9.84 Å². The molecular formula is C9H16O3. The van der Waals surface area contributed by atoms with Crippen LogP contribution in [0, 0.1) is 5.92 Å². The molecule has 0 aromatic carbocycles. The molecule has 1 N–H and O–H groups in total. The summed E-state index contributed by atoms with van der Waals surface area (Å²) in [6, 6.07) is 0. The van der Waals surface area contributed by atoms with Crippen LogP contribution in [-0.2, 0) is 9.53 Å². The molecule has 0 radical (unpaired) electrons. The summed E-state index contributed by atoms with van der Waals surface area (Å²) in [5.41, 5.74) is 0. The lowest BCUT2D eigenvalue weighted by atomic mass is 9.97. The standard InChI is InChI=1S/C9H16O3/c1-3-4-7(9(10)11)5-8-6(2)12-8/h6-8H,3-5H2,1-2H3,(H,10,11)/t6?,7-,8?/m0/s1. The second kappa shape index (κ2) is 3.90. The summed E-state index contributed by atoms with van der Waals surface area (Å²) in [6.07, 6.45) is 2.87. The van der Waals surface area contributed by atoms with Crippen LogP contribution in [-0.4, -0.2) is 23.3 Å². The van der Waals surface area contributed by atoms with E-state index in [1.165, 1.54) is 0 Å². The summed E-state index contributed by atoms with van der Waals surface area (Å²) in [5.74, 6) is -0.885. The number of rotatable bonds is 5. The largest absolute Gasteiger partial charge is 0.481 e. The van der Waals surface area contributed by atoms with Crippen LogP contribution >= 0.6 is 0 Å². The zero-order valence-electron chi connectivity index (χ0n) is 7.62. The molecule has 3 atom stereocenters. The smallest absolute Gasteiger partial charge is 0.306 e. The van der Waals surface area contributed by atoms with Gasteiger partial charge in [-0.2, -0.15) is 0 Å². The molecule has 0 bridgehead atoms. The summed E-state index contributed by atoms with van der Waals surface area (Å²) >= 11 is 0. The van der Waals surface area contributed by atoms with E-state index >= 15 is 0 Å². The van der Waals surface area contributed by atoms with Crippen molar-refractivity contribution in [3.05, 3.63) is 0 Å². The molecule has 1 aliphatic rings. The zero-order chi connectivity index (χ0) is 9.14. The van der Waals surface area contributed by atoms with Crippen LogP contribution in [0.4, 0.5) is 0 Å². The van der Waals surface area contributed by atoms with Crippen molar-refractivity contribution in [3.8, 4) is 0 Å². The Morgan fingerprint density at radius 2 is 2.25 bits per heavy atom. The molecular weight excluding hydrogens is 156 g/mol. The van der Waals surface area contributed by atoms with E-state index in [0.29, 0.717) is 6.42 Å². The zero-order valence-corrected chi connectivity index (χ0v) is 7.62. The maximum absolute atomic E-state index is 10.7. The van der Waals surface area contributed by atoms with Crippen LogP contribution in [0.25, 0.3) is 0 Å². The Labute approximate surface area is 72.7 Å². The lowest BCUT2D eigenvalue weighted by Crippen LogP contribution is -2.16. The number of carboxylic acids is 1. The lowest BCUT2D eigenvalue weighted by molar-refractivity contribution is -0.142. The van der Waals surface area contributed by atoms with Gasteiger partial charge in [0.05, 0.1) is 18.1 Å². The summed E-state index contributed by atoms with van der Waals surface area (Å²) in [4.78, 5) is 10.7. The molecule has 12 heavy (non-hydrogen) atoms. The fourth-order valence-electron chi connectivity index (χ4n) is 1.45. The molecule has 2 unspecified atom stereocenters. The van der Waals surface area contributed by atoms with E-state index in [9.17, 15) is 4.79 Å². The molecule has 0 saturated carbocycles. The van der Waals surface area contributed by atoms with Crippen LogP contribution < -0.4 is 0 Å². The van der Waals surface area contributed by atoms with Gasteiger partial charge in [0.1, 0.15) is 0 Å². The number of carboxylic acid groups (broad SMARTS) is 1. The molecule has 1 fully saturated rings. The average Bonchev–Trinajstić information content (AvgIpc) is 2.65. The van der Waals surface area contributed by atoms with Crippen LogP contribution in [0.2, 0.25) is 0 Å². The van der Waals surface area contributed by atoms with E-state index in [-0.39, 0.29) is 18.1 Å². The topological polar surface area (TPSA) is 49.8 Å². The Balaban J connectivity index is 2.28. The summed E-state index contributed by atoms with van der Waals surface area (Å²) < 4.78 is 5.18. The highest BCUT2D eigenvalue weighted by Crippen LogP contribution is 2.29. The van der Waals surface area contributed by atoms with E-state index in [4.69, 9.17) is 9.84 Å². The third-order valence-electron chi connectivity index (χ3n) is 2.34. The van der Waals surface area contributed by atoms with Crippen LogP contribution in [0.15, 0.2) is 0 Å². The van der Waals surface area contributed by atoms with Crippen LogP contribution in [0.3, 0.4) is 0 Å². The van der Waals surface area contributed by atoms with Gasteiger partial charge in [-0.25, -0.2) is 0 Å². The van der Waals surface area contributed by atoms with Crippen molar-refractivity contribution in [2.75, 3.05) is 0 Å². The van der Waals surface area contributed by atoms with Crippen molar-refractivity contribution < 1.29 is 14.6 Å². The fraction of sp³-hybridized carbons (Fsp3) is 0.889. The molecule has 3 nitrogen and oxygen atoms in total. The van der Waals surface area contributed by atoms with Gasteiger partial charge >= 0.3 is 5.97 Å². The van der Waals surface area contributed by atoms with Crippen molar-refractivity contribution in [1.29, 1.82) is 0 Å². The molecule has 0 aromatic rings. The van der Waals surface area contributed by atoms with Gasteiger partial charge in [0.2, 0.25) is 0 Å². The van der Waals surface area contributed by atoms with Crippen molar-refractivity contribution in [2.45, 2.75) is 45.3 Å². The first kappa shape index (κ1) is 9.52. The van der Waals surface area contributed by atoms with Gasteiger partial charge in [-0.1, -0.05) is 13.3 Å². The maximum Gasteiger partial charge on any atom is 0.306 e. The molecule has 1 aliphatic heterocycles. The highest BCUT2D eigenvalue weighted by Gasteiger charge is 2.37. The number of hydrogen-bond acceptors (Lipinski definition) is 2. The van der Waals surface area contributed by atoms with Crippen molar-refractivity contribution >= 4 is 5.97 Å². The monoisotopic (exact) mass is 172 g/mol. The second-order valence-electron chi connectivity index (χ2n) is 3.44. The molecule has 3 heteroatoms. The second-order valence-corrected chi connectivity index (χ2v) is 3.44. The van der Waals surface area contributed by atoms with E-state index in [1.807, 2.05) is 13.8 Å². The van der Waals surface area contributed by atoms with Gasteiger partial charge in [0.25, 0.3) is 0 Å². The van der Waals surface area contributed by atoms with Crippen LogP contribution in [0.1, 0.15) is 33.1 Å². The van der Waals surface area contributed by atoms with Crippen LogP contribution in [0.5, 0.6) is 0 Å². The van der Waals surface area contributed by atoms with Crippen molar-refractivity contribution in [3.63, 3.8) is 0 Å². The summed E-state index contributed by atoms with van der Waals surface area (Å²) in [7, 11) is 0.